The fraction of sp³-hybridized carbons (Fsp3) is 0.444. The lowest BCUT2D eigenvalue weighted by Crippen LogP contribution is -2.39. The highest BCUT2D eigenvalue weighted by Gasteiger charge is 2.25. The average Bonchev–Trinajstić information content (AvgIpc) is 3.10. The van der Waals surface area contributed by atoms with E-state index in [9.17, 15) is 4.79 Å². The number of nitrogens with zero attached hydrogens (tertiary/aromatic N) is 2. The molecule has 0 radical (unpaired) electrons. The molecule has 2 heterocycles. The number of carbonyl (C=O) groups excluding carboxylic acids is 1. The summed E-state index contributed by atoms with van der Waals surface area (Å²) in [7, 11) is 1.97. The molecular weight excluding hydrogens is 361 g/mol. The Bertz CT molecular complexity index is 697. The highest BCUT2D eigenvalue weighted by molar-refractivity contribution is 6.30. The summed E-state index contributed by atoms with van der Waals surface area (Å²) in [6, 6.07) is 9.02. The van der Waals surface area contributed by atoms with Gasteiger partial charge in [-0.2, -0.15) is 0 Å². The van der Waals surface area contributed by atoms with Crippen molar-refractivity contribution in [3.05, 3.63) is 41.0 Å². The molecule has 0 bridgehead atoms. The van der Waals surface area contributed by atoms with Gasteiger partial charge in [-0.05, 0) is 50.9 Å². The maximum absolute atomic E-state index is 12.6. The van der Waals surface area contributed by atoms with Crippen LogP contribution in [0.25, 0.3) is 11.3 Å². The van der Waals surface area contributed by atoms with Crippen LogP contribution in [-0.4, -0.2) is 42.6 Å². The standard InChI is InChI=1S/C18H22ClN3O2.ClH/c1-20-8-5-13-6-9-22(10-7-13)18(23)16-12-17(24-21-16)14-3-2-4-15(19)11-14;/h2-4,11-13,20H,5-10H2,1H3;1H. The molecule has 1 aromatic heterocycles. The van der Waals surface area contributed by atoms with E-state index in [1.54, 1.807) is 18.2 Å². The van der Waals surface area contributed by atoms with Gasteiger partial charge in [0.05, 0.1) is 0 Å². The predicted octanol–water partition coefficient (Wildman–Crippen LogP) is 3.88. The first-order valence-electron chi connectivity index (χ1n) is 8.34. The van der Waals surface area contributed by atoms with Gasteiger partial charge in [0.1, 0.15) is 0 Å². The van der Waals surface area contributed by atoms with Crippen molar-refractivity contribution in [2.24, 2.45) is 5.92 Å². The van der Waals surface area contributed by atoms with Gasteiger partial charge in [0.15, 0.2) is 11.5 Å². The summed E-state index contributed by atoms with van der Waals surface area (Å²) in [6.07, 6.45) is 3.26. The van der Waals surface area contributed by atoms with Gasteiger partial charge in [0.2, 0.25) is 0 Å². The molecule has 0 atom stereocenters. The molecular formula is C18H23Cl2N3O2. The van der Waals surface area contributed by atoms with Crippen LogP contribution in [0.15, 0.2) is 34.9 Å². The van der Waals surface area contributed by atoms with Crippen LogP contribution in [-0.2, 0) is 0 Å². The zero-order chi connectivity index (χ0) is 16.9. The second kappa shape index (κ2) is 9.22. The topological polar surface area (TPSA) is 58.4 Å². The van der Waals surface area contributed by atoms with Gasteiger partial charge in [-0.25, -0.2) is 0 Å². The van der Waals surface area contributed by atoms with E-state index in [2.05, 4.69) is 10.5 Å². The van der Waals surface area contributed by atoms with Crippen molar-refractivity contribution in [1.82, 2.24) is 15.4 Å². The van der Waals surface area contributed by atoms with Crippen molar-refractivity contribution >= 4 is 29.9 Å². The van der Waals surface area contributed by atoms with Crippen LogP contribution in [0.3, 0.4) is 0 Å². The number of rotatable bonds is 5. The van der Waals surface area contributed by atoms with Gasteiger partial charge in [0, 0.05) is 29.7 Å². The predicted molar refractivity (Wildman–Crippen MR) is 101 cm³/mol. The average molecular weight is 384 g/mol. The van der Waals surface area contributed by atoms with Gasteiger partial charge in [0.25, 0.3) is 5.91 Å². The number of piperidine rings is 1. The van der Waals surface area contributed by atoms with Crippen LogP contribution in [0.1, 0.15) is 29.8 Å². The molecule has 5 nitrogen and oxygen atoms in total. The van der Waals surface area contributed by atoms with Crippen LogP contribution < -0.4 is 5.32 Å². The quantitative estimate of drug-likeness (QED) is 0.850. The number of hydrogen-bond acceptors (Lipinski definition) is 4. The van der Waals surface area contributed by atoms with E-state index in [1.807, 2.05) is 24.1 Å². The molecule has 3 rings (SSSR count). The second-order valence-corrected chi connectivity index (χ2v) is 6.65. The van der Waals surface area contributed by atoms with E-state index in [1.165, 1.54) is 6.42 Å². The SMILES string of the molecule is CNCCC1CCN(C(=O)c2cc(-c3cccc(Cl)c3)on2)CC1.Cl. The van der Waals surface area contributed by atoms with E-state index in [-0.39, 0.29) is 18.3 Å². The maximum atomic E-state index is 12.6. The third-order valence-electron chi connectivity index (χ3n) is 4.54. The normalized spacial score (nSPS) is 15.0. The monoisotopic (exact) mass is 383 g/mol. The Morgan fingerprint density at radius 1 is 1.36 bits per heavy atom. The van der Waals surface area contributed by atoms with E-state index < -0.39 is 0 Å². The fourth-order valence-corrected chi connectivity index (χ4v) is 3.28. The summed E-state index contributed by atoms with van der Waals surface area (Å²) in [5, 5.41) is 7.76. The van der Waals surface area contributed by atoms with Crippen LogP contribution in [0, 0.1) is 5.92 Å². The Kier molecular flexibility index (Phi) is 7.29. The largest absolute Gasteiger partial charge is 0.355 e. The number of likely N-dealkylation sites (tertiary alicyclic amines) is 1. The maximum Gasteiger partial charge on any atom is 0.276 e. The number of carbonyl (C=O) groups is 1. The summed E-state index contributed by atoms with van der Waals surface area (Å²) < 4.78 is 5.33. The summed E-state index contributed by atoms with van der Waals surface area (Å²) in [6.45, 7) is 2.60. The fourth-order valence-electron chi connectivity index (χ4n) is 3.09. The Morgan fingerprint density at radius 3 is 2.80 bits per heavy atom. The van der Waals surface area contributed by atoms with E-state index in [4.69, 9.17) is 16.1 Å². The van der Waals surface area contributed by atoms with E-state index in [0.717, 1.165) is 38.0 Å². The van der Waals surface area contributed by atoms with Crippen molar-refractivity contribution in [2.75, 3.05) is 26.7 Å². The molecule has 0 saturated carbocycles. The highest BCUT2D eigenvalue weighted by atomic mass is 35.5. The van der Waals surface area contributed by atoms with Crippen molar-refractivity contribution in [2.45, 2.75) is 19.3 Å². The third kappa shape index (κ3) is 4.97. The summed E-state index contributed by atoms with van der Waals surface area (Å²) in [5.41, 5.74) is 1.18. The molecule has 1 fully saturated rings. The third-order valence-corrected chi connectivity index (χ3v) is 4.78. The van der Waals surface area contributed by atoms with Crippen molar-refractivity contribution in [1.29, 1.82) is 0 Å². The molecule has 1 aliphatic heterocycles. The van der Waals surface area contributed by atoms with Gasteiger partial charge < -0.3 is 14.7 Å². The first-order chi connectivity index (χ1) is 11.7. The lowest BCUT2D eigenvalue weighted by Gasteiger charge is -2.31. The van der Waals surface area contributed by atoms with Crippen molar-refractivity contribution < 1.29 is 9.32 Å². The summed E-state index contributed by atoms with van der Waals surface area (Å²) in [5.74, 6) is 1.20. The van der Waals surface area contributed by atoms with E-state index in [0.29, 0.717) is 22.4 Å². The molecule has 1 amide bonds. The molecule has 0 aliphatic carbocycles. The van der Waals surface area contributed by atoms with Gasteiger partial charge in [-0.3, -0.25) is 4.79 Å². The van der Waals surface area contributed by atoms with E-state index >= 15 is 0 Å². The van der Waals surface area contributed by atoms with Crippen LogP contribution in [0.5, 0.6) is 0 Å². The molecule has 0 unspecified atom stereocenters. The Balaban J connectivity index is 0.00000225. The van der Waals surface area contributed by atoms with Gasteiger partial charge in [-0.1, -0.05) is 28.9 Å². The van der Waals surface area contributed by atoms with Gasteiger partial charge in [-0.15, -0.1) is 12.4 Å². The molecule has 1 aliphatic rings. The number of nitrogens with one attached hydrogen (secondary N) is 1. The molecule has 1 aromatic carbocycles. The Labute approximate surface area is 159 Å². The number of amides is 1. The molecule has 136 valence electrons. The lowest BCUT2D eigenvalue weighted by atomic mass is 9.93. The minimum absolute atomic E-state index is 0. The first kappa shape index (κ1) is 19.8. The van der Waals surface area contributed by atoms with Crippen molar-refractivity contribution in [3.8, 4) is 11.3 Å². The minimum Gasteiger partial charge on any atom is -0.355 e. The number of benzene rings is 1. The Morgan fingerprint density at radius 2 is 2.12 bits per heavy atom. The highest BCUT2D eigenvalue weighted by Crippen LogP contribution is 2.25. The van der Waals surface area contributed by atoms with Crippen LogP contribution in [0.2, 0.25) is 5.02 Å². The molecule has 1 N–H and O–H groups in total. The number of aromatic nitrogens is 1. The number of halogens is 2. The molecule has 2 aromatic rings. The summed E-state index contributed by atoms with van der Waals surface area (Å²) >= 11 is 5.99. The summed E-state index contributed by atoms with van der Waals surface area (Å²) in [4.78, 5) is 14.5. The smallest absolute Gasteiger partial charge is 0.276 e. The van der Waals surface area contributed by atoms with Crippen molar-refractivity contribution in [3.63, 3.8) is 0 Å². The minimum atomic E-state index is -0.0564. The lowest BCUT2D eigenvalue weighted by molar-refractivity contribution is 0.0677. The second-order valence-electron chi connectivity index (χ2n) is 6.21. The molecule has 7 heteroatoms. The van der Waals surface area contributed by atoms with Gasteiger partial charge >= 0.3 is 0 Å². The molecule has 25 heavy (non-hydrogen) atoms. The zero-order valence-corrected chi connectivity index (χ0v) is 15.8. The van der Waals surface area contributed by atoms with Crippen LogP contribution >= 0.6 is 24.0 Å². The number of hydrogen-bond donors (Lipinski definition) is 1. The first-order valence-corrected chi connectivity index (χ1v) is 8.71. The molecule has 0 spiro atoms. The van der Waals surface area contributed by atoms with Crippen LogP contribution in [0.4, 0.5) is 0 Å². The zero-order valence-electron chi connectivity index (χ0n) is 14.2. The Hall–Kier alpha value is -1.56. The molecule has 1 saturated heterocycles.